The highest BCUT2D eigenvalue weighted by Crippen LogP contribution is 2.54. The van der Waals surface area contributed by atoms with Gasteiger partial charge in [-0.2, -0.15) is 4.98 Å². The highest BCUT2D eigenvalue weighted by molar-refractivity contribution is 7.90. The smallest absolute Gasteiger partial charge is 0.293 e. The van der Waals surface area contributed by atoms with Gasteiger partial charge >= 0.3 is 0 Å². The first-order valence-corrected chi connectivity index (χ1v) is 29.0. The third-order valence-electron chi connectivity index (χ3n) is 18.3. The molecule has 0 unspecified atom stereocenters. The molecule has 1 amide bonds. The molecule has 404 valence electrons. The molecule has 3 aromatic carbocycles. The second-order valence-corrected chi connectivity index (χ2v) is 24.8. The van der Waals surface area contributed by atoms with E-state index in [1.54, 1.807) is 6.07 Å². The number of aromatic nitrogens is 2. The van der Waals surface area contributed by atoms with Crippen molar-refractivity contribution >= 4 is 55.4 Å². The number of morpholine rings is 1. The Labute approximate surface area is 444 Å². The van der Waals surface area contributed by atoms with E-state index in [1.807, 2.05) is 37.4 Å². The lowest BCUT2D eigenvalue weighted by atomic mass is 9.59. The maximum absolute atomic E-state index is 14.8. The summed E-state index contributed by atoms with van der Waals surface area (Å²) in [6, 6.07) is 23.3. The number of amides is 1. The van der Waals surface area contributed by atoms with Gasteiger partial charge in [-0.3, -0.25) is 24.7 Å². The lowest BCUT2D eigenvalue weighted by Gasteiger charge is -2.59. The fraction of sp³-hybridized carbons (Fsp3) is 0.544. The Morgan fingerprint density at radius 2 is 1.68 bits per heavy atom. The number of carbonyl (C=O) groups excluding carboxylic acids is 1. The monoisotopic (exact) mass is 1060 g/mol. The summed E-state index contributed by atoms with van der Waals surface area (Å²) >= 11 is 0. The van der Waals surface area contributed by atoms with Crippen molar-refractivity contribution in [1.82, 2.24) is 24.5 Å². The number of pyridine rings is 1. The van der Waals surface area contributed by atoms with E-state index in [0.717, 1.165) is 95.2 Å². The van der Waals surface area contributed by atoms with Crippen molar-refractivity contribution in [2.75, 3.05) is 80.8 Å². The zero-order valence-corrected chi connectivity index (χ0v) is 44.4. The molecule has 1 spiro atoms. The molecule has 6 fully saturated rings. The summed E-state index contributed by atoms with van der Waals surface area (Å²) in [7, 11) is -4.63. The number of nitro benzene ring substituents is 1. The van der Waals surface area contributed by atoms with Crippen LogP contribution in [-0.2, 0) is 19.5 Å². The van der Waals surface area contributed by atoms with Gasteiger partial charge < -0.3 is 39.4 Å². The number of carbonyl (C=O) groups is 1. The molecule has 4 saturated heterocycles. The van der Waals surface area contributed by atoms with Crippen LogP contribution in [-0.4, -0.2) is 140 Å². The largest absolute Gasteiger partial charge is 0.468 e. The summed E-state index contributed by atoms with van der Waals surface area (Å²) in [6.45, 7) is 11.6. The summed E-state index contributed by atoms with van der Waals surface area (Å²) < 4.78 is 49.0. The van der Waals surface area contributed by atoms with Gasteiger partial charge in [0.25, 0.3) is 21.6 Å². The molecule has 5 aliphatic heterocycles. The lowest BCUT2D eigenvalue weighted by molar-refractivity contribution is -0.384. The maximum atomic E-state index is 14.8. The number of aromatic amines is 1. The molecule has 5 aromatic rings. The van der Waals surface area contributed by atoms with Crippen molar-refractivity contribution in [2.24, 2.45) is 11.3 Å². The van der Waals surface area contributed by atoms with Gasteiger partial charge in [0.05, 0.1) is 52.5 Å². The normalized spacial score (nSPS) is 27.3. The number of ether oxygens (including phenoxy) is 3. The van der Waals surface area contributed by atoms with Crippen LogP contribution in [0.1, 0.15) is 105 Å². The van der Waals surface area contributed by atoms with Crippen molar-refractivity contribution in [3.63, 3.8) is 0 Å². The first-order valence-electron chi connectivity index (χ1n) is 27.6. The second kappa shape index (κ2) is 20.5. The molecule has 76 heavy (non-hydrogen) atoms. The summed E-state index contributed by atoms with van der Waals surface area (Å²) in [5.41, 5.74) is 4.96. The molecule has 4 N–H and O–H groups in total. The van der Waals surface area contributed by atoms with Crippen LogP contribution >= 0.6 is 0 Å². The second-order valence-electron chi connectivity index (χ2n) is 23.1. The predicted molar refractivity (Wildman–Crippen MR) is 290 cm³/mol. The van der Waals surface area contributed by atoms with Crippen LogP contribution in [0.4, 0.5) is 28.4 Å². The number of fused-ring (bicyclic) bond motifs is 3. The van der Waals surface area contributed by atoms with Gasteiger partial charge in [-0.15, -0.1) is 0 Å². The number of rotatable bonds is 12. The molecule has 19 heteroatoms. The van der Waals surface area contributed by atoms with Gasteiger partial charge in [0.15, 0.2) is 0 Å². The topological polar surface area (TPSA) is 208 Å². The molecule has 2 saturated carbocycles. The highest BCUT2D eigenvalue weighted by atomic mass is 32.2. The number of H-pyrrole nitrogens is 1. The Balaban J connectivity index is 0.812. The van der Waals surface area contributed by atoms with Gasteiger partial charge in [0.1, 0.15) is 23.1 Å². The van der Waals surface area contributed by atoms with Gasteiger partial charge in [0.2, 0.25) is 5.88 Å². The zero-order valence-electron chi connectivity index (χ0n) is 43.6. The Morgan fingerprint density at radius 1 is 0.895 bits per heavy atom. The van der Waals surface area contributed by atoms with Gasteiger partial charge in [0, 0.05) is 87.3 Å². The molecule has 2 aliphatic carbocycles. The third kappa shape index (κ3) is 10.0. The van der Waals surface area contributed by atoms with Crippen LogP contribution < -0.4 is 24.6 Å². The number of nitro groups is 1. The fourth-order valence-electron chi connectivity index (χ4n) is 13.8. The van der Waals surface area contributed by atoms with E-state index in [9.17, 15) is 28.4 Å². The van der Waals surface area contributed by atoms with E-state index in [2.05, 4.69) is 65.8 Å². The highest BCUT2D eigenvalue weighted by Gasteiger charge is 2.51. The minimum atomic E-state index is -4.63. The zero-order chi connectivity index (χ0) is 52.3. The molecule has 0 radical (unpaired) electrons. The quantitative estimate of drug-likeness (QED) is 0.0686. The van der Waals surface area contributed by atoms with Gasteiger partial charge in [-0.25, -0.2) is 13.1 Å². The third-order valence-corrected chi connectivity index (χ3v) is 19.6. The minimum absolute atomic E-state index is 0.120. The Bertz CT molecular complexity index is 3080. The number of nitrogens with one attached hydrogen (secondary N) is 3. The molecule has 18 nitrogen and oxygen atoms in total. The maximum Gasteiger partial charge on any atom is 0.293 e. The first kappa shape index (κ1) is 51.0. The molecule has 7 heterocycles. The van der Waals surface area contributed by atoms with E-state index in [4.69, 9.17) is 19.2 Å². The van der Waals surface area contributed by atoms with E-state index in [0.29, 0.717) is 80.0 Å². The summed E-state index contributed by atoms with van der Waals surface area (Å²) in [5, 5.41) is 26.8. The summed E-state index contributed by atoms with van der Waals surface area (Å²) in [4.78, 5) is 44.2. The van der Waals surface area contributed by atoms with E-state index in [1.165, 1.54) is 42.5 Å². The summed E-state index contributed by atoms with van der Waals surface area (Å²) in [6.07, 6.45) is 11.5. The van der Waals surface area contributed by atoms with E-state index in [-0.39, 0.29) is 28.6 Å². The number of hydrogen-bond acceptors (Lipinski definition) is 15. The van der Waals surface area contributed by atoms with Crippen molar-refractivity contribution in [3.05, 3.63) is 106 Å². The van der Waals surface area contributed by atoms with E-state index < -0.39 is 43.1 Å². The number of hydrogen-bond donors (Lipinski definition) is 4. The number of sulfonamides is 1. The molecular weight excluding hydrogens is 987 g/mol. The number of nitrogens with zero attached hydrogens (tertiary/aromatic N) is 6. The van der Waals surface area contributed by atoms with Crippen LogP contribution in [0.15, 0.2) is 83.9 Å². The Morgan fingerprint density at radius 3 is 2.46 bits per heavy atom. The number of likely N-dealkylation sites (tertiary alicyclic amines) is 1. The number of benzene rings is 3. The number of aryl methyl sites for hydroxylation is 1. The standard InChI is InChI=1S/C57H71N9O9S/c1-37-5-3-4-6-44(37)47-12-8-41(63-24-27-73-28-25-63)35-64(47)42-32-57(33-42)19-22-62(23-20-57)40-7-10-45(49(30-40)65-48-16-26-74-36-52(48)75-55-51(65)29-39-15-21-58-53(39)60-55)54(67)61-76(71,72)43-9-11-46(50(31-43)66(69)70)59-34-38-13-17-56(2,68)18-14-38/h3-7,9-11,15,21,29-31,38,41-42,47-48,52,59,68H,8,12-14,16-20,22-28,32-36H2,1-2H3,(H,58,60)(H,61,67)/t38-,41-,47-,48-,52-,56-/m0/s1. The first-order chi connectivity index (χ1) is 36.7. The Kier molecular flexibility index (Phi) is 13.8. The molecule has 12 rings (SSSR count). The molecule has 7 aliphatic rings. The fourth-order valence-corrected chi connectivity index (χ4v) is 14.8. The Hall–Kier alpha value is -5.83. The lowest BCUT2D eigenvalue weighted by Crippen LogP contribution is -2.60. The van der Waals surface area contributed by atoms with Crippen molar-refractivity contribution in [3.8, 4) is 5.88 Å². The molecule has 2 aromatic heterocycles. The van der Waals surface area contributed by atoms with Crippen LogP contribution in [0.2, 0.25) is 0 Å². The SMILES string of the molecule is Cc1ccccc1[C@@H]1CC[C@H](N2CCOCC2)CN1C1CC2(CCN(c3ccc(C(=O)NS(=O)(=O)c4ccc(NC[C@H]5CC[C@](C)(O)CC5)c([N+](=O)[O-])c4)c(N4c5cc6cc[nH]c6nc5O[C@H]5COCC[C@@H]54)c3)CC2)C1. The number of piperidine rings is 2. The van der Waals surface area contributed by atoms with Crippen molar-refractivity contribution in [1.29, 1.82) is 0 Å². The van der Waals surface area contributed by atoms with Crippen LogP contribution in [0.3, 0.4) is 0 Å². The molecular formula is C57H71N9O9S. The number of anilines is 4. The summed E-state index contributed by atoms with van der Waals surface area (Å²) in [5.74, 6) is -0.304. The predicted octanol–water partition coefficient (Wildman–Crippen LogP) is 8.23. The number of aliphatic hydroxyl groups is 1. The average molecular weight is 1060 g/mol. The minimum Gasteiger partial charge on any atom is -0.468 e. The van der Waals surface area contributed by atoms with Crippen LogP contribution in [0, 0.1) is 28.4 Å². The van der Waals surface area contributed by atoms with Crippen LogP contribution in [0.5, 0.6) is 5.88 Å². The van der Waals surface area contributed by atoms with Crippen LogP contribution in [0.25, 0.3) is 11.0 Å². The average Bonchev–Trinajstić information content (AvgIpc) is 4.01. The molecule has 0 bridgehead atoms. The van der Waals surface area contributed by atoms with Crippen molar-refractivity contribution < 1.29 is 37.5 Å². The van der Waals surface area contributed by atoms with Crippen molar-refractivity contribution in [2.45, 2.75) is 125 Å². The molecule has 4 atom stereocenters. The van der Waals surface area contributed by atoms with E-state index >= 15 is 0 Å². The van der Waals surface area contributed by atoms with Gasteiger partial charge in [-0.05, 0) is 149 Å². The van der Waals surface area contributed by atoms with Gasteiger partial charge in [-0.1, -0.05) is 24.3 Å².